The molecule has 2 amide bonds. The van der Waals surface area contributed by atoms with Crippen LogP contribution in [-0.2, 0) is 0 Å². The lowest BCUT2D eigenvalue weighted by molar-refractivity contribution is 0.139. The highest BCUT2D eigenvalue weighted by Gasteiger charge is 2.35. The zero-order chi connectivity index (χ0) is 13.9. The molecule has 0 radical (unpaired) electrons. The summed E-state index contributed by atoms with van der Waals surface area (Å²) in [5.41, 5.74) is 0.621. The Kier molecular flexibility index (Phi) is 3.30. The minimum atomic E-state index is -0.656. The molecule has 2 aromatic heterocycles. The van der Waals surface area contributed by atoms with Gasteiger partial charge in [0.05, 0.1) is 36.8 Å². The van der Waals surface area contributed by atoms with Crippen molar-refractivity contribution in [1.82, 2.24) is 24.9 Å². The zero-order valence-corrected chi connectivity index (χ0v) is 10.6. The largest absolute Gasteiger partial charge is 0.389 e. The van der Waals surface area contributed by atoms with Gasteiger partial charge in [-0.05, 0) is 12.1 Å². The molecule has 0 spiro atoms. The van der Waals surface area contributed by atoms with Crippen LogP contribution in [0.5, 0.6) is 0 Å². The molecule has 8 heteroatoms. The number of carbonyl (C=O) groups excluding carboxylic acids is 1. The summed E-state index contributed by atoms with van der Waals surface area (Å²) in [5.74, 6) is 0. The minimum absolute atomic E-state index is 0.261. The van der Waals surface area contributed by atoms with Crippen LogP contribution in [0.4, 0.5) is 10.5 Å². The molecule has 0 bridgehead atoms. The van der Waals surface area contributed by atoms with Gasteiger partial charge in [0.2, 0.25) is 0 Å². The van der Waals surface area contributed by atoms with Crippen molar-refractivity contribution in [3.05, 3.63) is 36.9 Å². The van der Waals surface area contributed by atoms with Crippen molar-refractivity contribution < 1.29 is 9.90 Å². The molecule has 1 fully saturated rings. The lowest BCUT2D eigenvalue weighted by Gasteiger charge is -2.16. The summed E-state index contributed by atoms with van der Waals surface area (Å²) in [6.45, 7) is 0.646. The van der Waals surface area contributed by atoms with Crippen molar-refractivity contribution in [2.45, 2.75) is 12.1 Å². The molecule has 2 aromatic rings. The van der Waals surface area contributed by atoms with Crippen molar-refractivity contribution in [3.8, 4) is 0 Å². The summed E-state index contributed by atoms with van der Waals surface area (Å²) < 4.78 is 1.57. The molecule has 8 nitrogen and oxygen atoms in total. The summed E-state index contributed by atoms with van der Waals surface area (Å²) in [7, 11) is 0. The van der Waals surface area contributed by atoms with E-state index >= 15 is 0 Å². The van der Waals surface area contributed by atoms with E-state index < -0.39 is 6.10 Å². The molecule has 104 valence electrons. The van der Waals surface area contributed by atoms with Crippen LogP contribution in [0.15, 0.2) is 36.9 Å². The van der Waals surface area contributed by atoms with E-state index in [-0.39, 0.29) is 18.6 Å². The van der Waals surface area contributed by atoms with E-state index in [4.69, 9.17) is 0 Å². The number of likely N-dealkylation sites (tertiary alicyclic amines) is 1. The number of aliphatic hydroxyl groups excluding tert-OH is 1. The highest BCUT2D eigenvalue weighted by molar-refractivity contribution is 5.89. The molecule has 2 N–H and O–H groups in total. The normalized spacial score (nSPS) is 21.9. The number of rotatable bonds is 2. The Morgan fingerprint density at radius 2 is 2.30 bits per heavy atom. The molecule has 1 aliphatic heterocycles. The lowest BCUT2D eigenvalue weighted by atomic mass is 10.2. The van der Waals surface area contributed by atoms with Gasteiger partial charge in [0, 0.05) is 18.9 Å². The molecule has 0 aromatic carbocycles. The molecule has 2 atom stereocenters. The number of aliphatic hydroxyl groups is 1. The Labute approximate surface area is 115 Å². The number of β-amino-alcohol motifs (C(OH)–C–C–N with tert-alkyl or cyclic N) is 1. The molecular weight excluding hydrogens is 260 g/mol. The summed E-state index contributed by atoms with van der Waals surface area (Å²) in [4.78, 5) is 17.6. The standard InChI is InChI=1S/C12H14N6O2/c19-11-8-17(7-10(11)18-5-4-14-16-18)12(20)15-9-2-1-3-13-6-9/h1-6,10-11,19H,7-8H2,(H,15,20)/t10-,11-/m1/s1. The molecule has 0 aliphatic carbocycles. The number of pyridine rings is 1. The number of nitrogens with zero attached hydrogens (tertiary/aromatic N) is 5. The highest BCUT2D eigenvalue weighted by Crippen LogP contribution is 2.21. The Hall–Kier alpha value is -2.48. The van der Waals surface area contributed by atoms with E-state index in [9.17, 15) is 9.90 Å². The molecule has 1 aliphatic rings. The number of carbonyl (C=O) groups is 1. The second-order valence-corrected chi connectivity index (χ2v) is 4.59. The third kappa shape index (κ3) is 2.45. The molecule has 20 heavy (non-hydrogen) atoms. The van der Waals surface area contributed by atoms with Crippen molar-refractivity contribution in [1.29, 1.82) is 0 Å². The summed E-state index contributed by atoms with van der Waals surface area (Å²) in [6.07, 6.45) is 5.77. The SMILES string of the molecule is O=C(Nc1cccnc1)N1C[C@@H](O)[C@H](n2ccnn2)C1. The number of nitrogens with one attached hydrogen (secondary N) is 1. The molecular formula is C12H14N6O2. The summed E-state index contributed by atoms with van der Waals surface area (Å²) in [6, 6.07) is 2.97. The molecule has 1 saturated heterocycles. The van der Waals surface area contributed by atoms with Crippen LogP contribution in [0.1, 0.15) is 6.04 Å². The van der Waals surface area contributed by atoms with Crippen LogP contribution in [0.25, 0.3) is 0 Å². The fraction of sp³-hybridized carbons (Fsp3) is 0.333. The van der Waals surface area contributed by atoms with Crippen molar-refractivity contribution in [2.24, 2.45) is 0 Å². The van der Waals surface area contributed by atoms with Crippen LogP contribution < -0.4 is 5.32 Å². The fourth-order valence-electron chi connectivity index (χ4n) is 2.23. The number of anilines is 1. The van der Waals surface area contributed by atoms with Crippen LogP contribution in [0.3, 0.4) is 0 Å². The Balaban J connectivity index is 1.66. The topological polar surface area (TPSA) is 96.2 Å². The van der Waals surface area contributed by atoms with E-state index in [2.05, 4.69) is 20.6 Å². The van der Waals surface area contributed by atoms with E-state index in [1.807, 2.05) is 0 Å². The van der Waals surface area contributed by atoms with E-state index in [0.29, 0.717) is 12.2 Å². The summed E-state index contributed by atoms with van der Waals surface area (Å²) in [5, 5.41) is 20.3. The lowest BCUT2D eigenvalue weighted by Crippen LogP contribution is -2.33. The van der Waals surface area contributed by atoms with Crippen LogP contribution in [0, 0.1) is 0 Å². The van der Waals surface area contributed by atoms with E-state index in [1.165, 1.54) is 0 Å². The summed E-state index contributed by atoms with van der Waals surface area (Å²) >= 11 is 0. The fourth-order valence-corrected chi connectivity index (χ4v) is 2.23. The average molecular weight is 274 g/mol. The van der Waals surface area contributed by atoms with Crippen molar-refractivity contribution >= 4 is 11.7 Å². The van der Waals surface area contributed by atoms with Crippen LogP contribution in [-0.4, -0.2) is 55.2 Å². The predicted octanol–water partition coefficient (Wildman–Crippen LogP) is 0.123. The molecule has 0 unspecified atom stereocenters. The smallest absolute Gasteiger partial charge is 0.322 e. The highest BCUT2D eigenvalue weighted by atomic mass is 16.3. The van der Waals surface area contributed by atoms with Gasteiger partial charge < -0.3 is 15.3 Å². The van der Waals surface area contributed by atoms with E-state index in [0.717, 1.165) is 0 Å². The predicted molar refractivity (Wildman–Crippen MR) is 69.9 cm³/mol. The number of aromatic nitrogens is 4. The first-order valence-electron chi connectivity index (χ1n) is 6.24. The number of hydrogen-bond acceptors (Lipinski definition) is 5. The van der Waals surface area contributed by atoms with Gasteiger partial charge >= 0.3 is 6.03 Å². The number of amides is 2. The minimum Gasteiger partial charge on any atom is -0.389 e. The quantitative estimate of drug-likeness (QED) is 0.811. The maximum Gasteiger partial charge on any atom is 0.322 e. The Morgan fingerprint density at radius 3 is 3.00 bits per heavy atom. The van der Waals surface area contributed by atoms with Gasteiger partial charge in [-0.2, -0.15) is 0 Å². The van der Waals surface area contributed by atoms with Gasteiger partial charge in [0.25, 0.3) is 0 Å². The third-order valence-corrected chi connectivity index (χ3v) is 3.24. The van der Waals surface area contributed by atoms with Gasteiger partial charge in [-0.25, -0.2) is 9.48 Å². The van der Waals surface area contributed by atoms with Crippen molar-refractivity contribution in [2.75, 3.05) is 18.4 Å². The Morgan fingerprint density at radius 1 is 1.40 bits per heavy atom. The first kappa shape index (κ1) is 12.5. The Bertz CT molecular complexity index is 573. The van der Waals surface area contributed by atoms with Crippen LogP contribution in [0.2, 0.25) is 0 Å². The first-order chi connectivity index (χ1) is 9.74. The number of hydrogen-bond donors (Lipinski definition) is 2. The maximum atomic E-state index is 12.1. The van der Waals surface area contributed by atoms with Gasteiger partial charge in [0.15, 0.2) is 0 Å². The average Bonchev–Trinajstić information content (AvgIpc) is 3.08. The van der Waals surface area contributed by atoms with E-state index in [1.54, 1.807) is 46.5 Å². The van der Waals surface area contributed by atoms with Gasteiger partial charge in [-0.1, -0.05) is 5.21 Å². The monoisotopic (exact) mass is 274 g/mol. The van der Waals surface area contributed by atoms with Crippen LogP contribution >= 0.6 is 0 Å². The van der Waals surface area contributed by atoms with Crippen molar-refractivity contribution in [3.63, 3.8) is 0 Å². The van der Waals surface area contributed by atoms with Gasteiger partial charge in [-0.3, -0.25) is 4.98 Å². The molecule has 3 heterocycles. The zero-order valence-electron chi connectivity index (χ0n) is 10.6. The third-order valence-electron chi connectivity index (χ3n) is 3.24. The van der Waals surface area contributed by atoms with Gasteiger partial charge in [-0.15, -0.1) is 5.10 Å². The molecule has 3 rings (SSSR count). The van der Waals surface area contributed by atoms with Gasteiger partial charge in [0.1, 0.15) is 0 Å². The molecule has 0 saturated carbocycles. The maximum absolute atomic E-state index is 12.1. The number of urea groups is 1. The second kappa shape index (κ2) is 5.25. The second-order valence-electron chi connectivity index (χ2n) is 4.59. The first-order valence-corrected chi connectivity index (χ1v) is 6.24.